The maximum atomic E-state index is 14.4. The van der Waals surface area contributed by atoms with Crippen LogP contribution in [0.25, 0.3) is 0 Å². The fourth-order valence-electron chi connectivity index (χ4n) is 7.29. The van der Waals surface area contributed by atoms with Gasteiger partial charge in [0.2, 0.25) is 5.91 Å². The largest absolute Gasteiger partial charge is 0.441 e. The van der Waals surface area contributed by atoms with E-state index in [-0.39, 0.29) is 43.7 Å². The van der Waals surface area contributed by atoms with Gasteiger partial charge in [-0.25, -0.2) is 32.3 Å². The van der Waals surface area contributed by atoms with Crippen molar-refractivity contribution in [3.63, 3.8) is 0 Å². The summed E-state index contributed by atoms with van der Waals surface area (Å²) in [5.41, 5.74) is -4.56. The van der Waals surface area contributed by atoms with Crippen LogP contribution >= 0.6 is 0 Å². The first-order valence-corrected chi connectivity index (χ1v) is 15.8. The molecule has 1 aromatic heterocycles. The second-order valence-electron chi connectivity index (χ2n) is 12.9. The summed E-state index contributed by atoms with van der Waals surface area (Å²) in [6.07, 6.45) is 0.725. The monoisotopic (exact) mass is 672 g/mol. The number of rotatable bonds is 6. The summed E-state index contributed by atoms with van der Waals surface area (Å²) < 4.78 is 102. The number of piperidine rings is 1. The molecule has 0 unspecified atom stereocenters. The molecule has 3 aliphatic heterocycles. The number of benzene rings is 1. The number of nitrogens with zero attached hydrogens (tertiary/aromatic N) is 6. The van der Waals surface area contributed by atoms with Crippen molar-refractivity contribution in [1.82, 2.24) is 24.7 Å². The highest BCUT2D eigenvalue weighted by atomic mass is 19.4. The molecule has 0 atom stereocenters. The Morgan fingerprint density at radius 3 is 2.13 bits per heavy atom. The molecule has 1 saturated carbocycles. The molecule has 3 saturated heterocycles. The van der Waals surface area contributed by atoms with Gasteiger partial charge < -0.3 is 19.4 Å². The number of anilines is 1. The van der Waals surface area contributed by atoms with Gasteiger partial charge in [0.1, 0.15) is 23.3 Å². The Morgan fingerprint density at radius 2 is 1.55 bits per heavy atom. The molecule has 16 heteroatoms. The first kappa shape index (κ1) is 33.2. The molecule has 2 amide bonds. The van der Waals surface area contributed by atoms with Crippen LogP contribution in [0.5, 0.6) is 0 Å². The van der Waals surface area contributed by atoms with E-state index in [0.29, 0.717) is 39.3 Å². The highest BCUT2D eigenvalue weighted by Gasteiger charge is 2.48. The zero-order valence-electron chi connectivity index (χ0n) is 25.5. The van der Waals surface area contributed by atoms with E-state index >= 15 is 0 Å². The number of piperazine rings is 1. The Hall–Kier alpha value is -3.69. The van der Waals surface area contributed by atoms with Crippen LogP contribution in [0.3, 0.4) is 0 Å². The normalized spacial score (nSPS) is 23.8. The van der Waals surface area contributed by atoms with E-state index in [4.69, 9.17) is 4.74 Å². The fraction of sp³-hybridized carbons (Fsp3) is 0.613. The van der Waals surface area contributed by atoms with Crippen molar-refractivity contribution in [3.8, 4) is 0 Å². The molecule has 0 N–H and O–H groups in total. The van der Waals surface area contributed by atoms with Crippen molar-refractivity contribution in [3.05, 3.63) is 53.0 Å². The van der Waals surface area contributed by atoms with Crippen molar-refractivity contribution >= 4 is 17.8 Å². The number of aromatic nitrogens is 2. The number of alkyl halides is 3. The van der Waals surface area contributed by atoms with Gasteiger partial charge in [0, 0.05) is 82.9 Å². The minimum Gasteiger partial charge on any atom is -0.441 e. The number of likely N-dealkylation sites (tertiary alicyclic amines) is 1. The molecule has 4 aliphatic rings. The standard InChI is InChI=1S/C31H35F7N6O3/c32-24-21(25(33)27(35)23(26(24)34)31(36,37)38)16-41-9-6-30(7-10-41)17-44(29(46)47-30)15-19-1-3-20(4-2-19)28(45)43-13-11-42(12-14-43)22-5-8-39-18-40-22/h5,8,18-20H,1-4,6-7,9-17H2. The quantitative estimate of drug-likeness (QED) is 0.316. The molecule has 1 aliphatic carbocycles. The Morgan fingerprint density at radius 1 is 0.915 bits per heavy atom. The Balaban J connectivity index is 0.964. The molecule has 4 heterocycles. The number of hydrogen-bond acceptors (Lipinski definition) is 7. The predicted octanol–water partition coefficient (Wildman–Crippen LogP) is 4.99. The molecule has 47 heavy (non-hydrogen) atoms. The molecular formula is C31H35F7N6O3. The number of halogens is 7. The molecule has 4 fully saturated rings. The summed E-state index contributed by atoms with van der Waals surface area (Å²) in [7, 11) is 0. The molecule has 0 bridgehead atoms. The summed E-state index contributed by atoms with van der Waals surface area (Å²) in [5.74, 6) is -7.95. The fourth-order valence-corrected chi connectivity index (χ4v) is 7.29. The molecular weight excluding hydrogens is 637 g/mol. The average molecular weight is 673 g/mol. The topological polar surface area (TPSA) is 82.1 Å². The first-order chi connectivity index (χ1) is 22.3. The number of ether oxygens (including phenoxy) is 1. The van der Waals surface area contributed by atoms with Crippen molar-refractivity contribution in [2.24, 2.45) is 11.8 Å². The van der Waals surface area contributed by atoms with Crippen molar-refractivity contribution < 1.29 is 45.1 Å². The lowest BCUT2D eigenvalue weighted by Crippen LogP contribution is -2.51. The van der Waals surface area contributed by atoms with E-state index in [9.17, 15) is 40.3 Å². The maximum Gasteiger partial charge on any atom is 0.422 e. The second kappa shape index (κ2) is 13.1. The third-order valence-corrected chi connectivity index (χ3v) is 9.98. The van der Waals surface area contributed by atoms with Gasteiger partial charge >= 0.3 is 12.3 Å². The van der Waals surface area contributed by atoms with Crippen molar-refractivity contribution in [2.45, 2.75) is 56.8 Å². The third-order valence-electron chi connectivity index (χ3n) is 9.98. The van der Waals surface area contributed by atoms with Gasteiger partial charge in [-0.15, -0.1) is 0 Å². The first-order valence-electron chi connectivity index (χ1n) is 15.8. The van der Waals surface area contributed by atoms with E-state index in [2.05, 4.69) is 14.9 Å². The predicted molar refractivity (Wildman–Crippen MR) is 153 cm³/mol. The minimum atomic E-state index is -5.60. The minimum absolute atomic E-state index is 0.0562. The highest BCUT2D eigenvalue weighted by Crippen LogP contribution is 2.39. The van der Waals surface area contributed by atoms with Crippen LogP contribution < -0.4 is 4.90 Å². The number of amides is 2. The molecule has 1 aromatic carbocycles. The van der Waals surface area contributed by atoms with Gasteiger partial charge in [-0.3, -0.25) is 9.69 Å². The van der Waals surface area contributed by atoms with Gasteiger partial charge in [-0.1, -0.05) is 0 Å². The molecule has 0 radical (unpaired) electrons. The molecule has 256 valence electrons. The summed E-state index contributed by atoms with van der Waals surface area (Å²) in [5, 5.41) is 0. The van der Waals surface area contributed by atoms with Gasteiger partial charge in [0.05, 0.1) is 6.54 Å². The lowest BCUT2D eigenvalue weighted by atomic mass is 9.81. The lowest BCUT2D eigenvalue weighted by Gasteiger charge is -2.38. The zero-order chi connectivity index (χ0) is 33.5. The zero-order valence-corrected chi connectivity index (χ0v) is 25.5. The van der Waals surface area contributed by atoms with E-state index < -0.39 is 58.8 Å². The van der Waals surface area contributed by atoms with Crippen LogP contribution in [-0.2, 0) is 22.3 Å². The van der Waals surface area contributed by atoms with Crippen LogP contribution in [0.2, 0.25) is 0 Å². The van der Waals surface area contributed by atoms with Gasteiger partial charge in [-0.05, 0) is 37.7 Å². The van der Waals surface area contributed by atoms with Gasteiger partial charge in [0.25, 0.3) is 0 Å². The van der Waals surface area contributed by atoms with E-state index in [1.54, 1.807) is 11.1 Å². The van der Waals surface area contributed by atoms with Crippen LogP contribution in [0.1, 0.15) is 49.7 Å². The summed E-state index contributed by atoms with van der Waals surface area (Å²) in [6, 6.07) is 1.85. The number of carbonyl (C=O) groups is 2. The Labute approximate surface area is 266 Å². The number of carbonyl (C=O) groups excluding carboxylic acids is 2. The van der Waals surface area contributed by atoms with Gasteiger partial charge in [-0.2, -0.15) is 13.2 Å². The molecule has 2 aromatic rings. The highest BCUT2D eigenvalue weighted by molar-refractivity contribution is 5.79. The van der Waals surface area contributed by atoms with E-state index in [0.717, 1.165) is 31.5 Å². The summed E-state index contributed by atoms with van der Waals surface area (Å²) >= 11 is 0. The smallest absolute Gasteiger partial charge is 0.422 e. The summed E-state index contributed by atoms with van der Waals surface area (Å²) in [6.45, 7) is 3.09. The molecule has 1 spiro atoms. The van der Waals surface area contributed by atoms with Crippen LogP contribution in [0.4, 0.5) is 41.3 Å². The maximum absolute atomic E-state index is 14.4. The number of hydrogen-bond donors (Lipinski definition) is 0. The molecule has 9 nitrogen and oxygen atoms in total. The van der Waals surface area contributed by atoms with E-state index in [1.807, 2.05) is 11.0 Å². The lowest BCUT2D eigenvalue weighted by molar-refractivity contribution is -0.143. The Kier molecular flexibility index (Phi) is 9.24. The molecule has 6 rings (SSSR count). The van der Waals surface area contributed by atoms with Gasteiger partial charge in [0.15, 0.2) is 23.3 Å². The Bertz CT molecular complexity index is 1440. The van der Waals surface area contributed by atoms with E-state index in [1.165, 1.54) is 11.2 Å². The van der Waals surface area contributed by atoms with Crippen LogP contribution in [0.15, 0.2) is 18.6 Å². The second-order valence-corrected chi connectivity index (χ2v) is 12.9. The third kappa shape index (κ3) is 6.83. The van der Waals surface area contributed by atoms with Crippen molar-refractivity contribution in [2.75, 3.05) is 57.3 Å². The van der Waals surface area contributed by atoms with Crippen LogP contribution in [-0.4, -0.2) is 94.6 Å². The van der Waals surface area contributed by atoms with Crippen molar-refractivity contribution in [1.29, 1.82) is 0 Å². The average Bonchev–Trinajstić information content (AvgIpc) is 3.36. The summed E-state index contributed by atoms with van der Waals surface area (Å²) in [4.78, 5) is 41.4. The SMILES string of the molecule is O=C1OC2(CCN(Cc3c(F)c(F)c(C(F)(F)F)c(F)c3F)CC2)CN1CC1CCC(C(=O)N2CCN(c3ccncn3)CC2)CC1. The van der Waals surface area contributed by atoms with Crippen LogP contribution in [0, 0.1) is 35.1 Å².